The van der Waals surface area contributed by atoms with E-state index in [9.17, 15) is 24.5 Å². The monoisotopic (exact) mass is 476 g/mol. The van der Waals surface area contributed by atoms with Crippen molar-refractivity contribution in [2.75, 3.05) is 32.8 Å². The second-order valence-corrected chi connectivity index (χ2v) is 8.35. The first-order valence-electron chi connectivity index (χ1n) is 11.8. The molecule has 0 aliphatic carbocycles. The Morgan fingerprint density at radius 1 is 1.29 bits per heavy atom. The van der Waals surface area contributed by atoms with E-state index in [0.717, 1.165) is 25.9 Å². The van der Waals surface area contributed by atoms with Crippen molar-refractivity contribution in [3.8, 4) is 0 Å². The van der Waals surface area contributed by atoms with Crippen molar-refractivity contribution in [3.05, 3.63) is 38.9 Å². The van der Waals surface area contributed by atoms with Crippen LogP contribution in [0.25, 0.3) is 11.1 Å². The molecule has 1 amide bonds. The Bertz CT molecular complexity index is 1080. The number of non-ortho nitro benzene ring substituents is 1. The first-order valence-corrected chi connectivity index (χ1v) is 11.8. The van der Waals surface area contributed by atoms with Crippen molar-refractivity contribution in [1.29, 1.82) is 0 Å². The van der Waals surface area contributed by atoms with E-state index in [4.69, 9.17) is 9.15 Å². The van der Waals surface area contributed by atoms with Gasteiger partial charge in [0.1, 0.15) is 0 Å². The van der Waals surface area contributed by atoms with Gasteiger partial charge in [-0.2, -0.15) is 0 Å². The number of aryl methyl sites for hydroxylation is 1. The number of rotatable bonds is 12. The number of fused-ring (bicyclic) bond motifs is 1. The molecule has 1 aromatic carbocycles. The Balaban J connectivity index is 1.64. The smallest absolute Gasteiger partial charge is 0.419 e. The van der Waals surface area contributed by atoms with E-state index < -0.39 is 10.7 Å². The molecule has 2 heterocycles. The van der Waals surface area contributed by atoms with E-state index in [1.54, 1.807) is 11.8 Å². The fraction of sp³-hybridized carbons (Fsp3) is 0.609. The molecule has 3 rings (SSSR count). The molecule has 1 saturated heterocycles. The van der Waals surface area contributed by atoms with Gasteiger partial charge in [0.25, 0.3) is 5.69 Å². The minimum atomic E-state index is -0.619. The highest BCUT2D eigenvalue weighted by atomic mass is 16.6. The predicted molar refractivity (Wildman–Crippen MR) is 124 cm³/mol. The molecule has 1 aliphatic heterocycles. The van der Waals surface area contributed by atoms with Gasteiger partial charge in [-0.25, -0.2) is 4.79 Å². The third-order valence-corrected chi connectivity index (χ3v) is 6.22. The number of likely N-dealkylation sites (tertiary alicyclic amines) is 1. The number of esters is 1. The second-order valence-electron chi connectivity index (χ2n) is 8.35. The van der Waals surface area contributed by atoms with E-state index in [0.29, 0.717) is 31.6 Å². The van der Waals surface area contributed by atoms with Gasteiger partial charge in [-0.3, -0.25) is 29.2 Å². The summed E-state index contributed by atoms with van der Waals surface area (Å²) >= 11 is 0. The van der Waals surface area contributed by atoms with Crippen LogP contribution in [0.1, 0.15) is 46.0 Å². The molecule has 0 saturated carbocycles. The maximum absolute atomic E-state index is 13.1. The van der Waals surface area contributed by atoms with Gasteiger partial charge in [0.15, 0.2) is 5.58 Å². The summed E-state index contributed by atoms with van der Waals surface area (Å²) in [5.74, 6) is -1.03. The lowest BCUT2D eigenvalue weighted by Gasteiger charge is -2.30. The number of oxazole rings is 1. The van der Waals surface area contributed by atoms with Gasteiger partial charge >= 0.3 is 11.7 Å². The molecule has 186 valence electrons. The summed E-state index contributed by atoms with van der Waals surface area (Å²) in [7, 11) is 0. The molecule has 0 N–H and O–H groups in total. The van der Waals surface area contributed by atoms with Gasteiger partial charge in [0, 0.05) is 38.2 Å². The number of hydrogen-bond donors (Lipinski definition) is 0. The largest absolute Gasteiger partial charge is 0.466 e. The van der Waals surface area contributed by atoms with Crippen molar-refractivity contribution >= 4 is 28.7 Å². The fourth-order valence-corrected chi connectivity index (χ4v) is 4.48. The fourth-order valence-electron chi connectivity index (χ4n) is 4.48. The highest BCUT2D eigenvalue weighted by Gasteiger charge is 2.27. The number of amides is 1. The van der Waals surface area contributed by atoms with Crippen molar-refractivity contribution < 1.29 is 23.7 Å². The van der Waals surface area contributed by atoms with Gasteiger partial charge in [-0.05, 0) is 45.3 Å². The van der Waals surface area contributed by atoms with E-state index in [-0.39, 0.29) is 48.6 Å². The Kier molecular flexibility index (Phi) is 8.80. The van der Waals surface area contributed by atoms with E-state index in [1.807, 2.05) is 0 Å². The zero-order valence-corrected chi connectivity index (χ0v) is 19.7. The molecule has 2 aromatic rings. The summed E-state index contributed by atoms with van der Waals surface area (Å²) < 4.78 is 11.5. The number of likely N-dealkylation sites (N-methyl/N-ethyl adjacent to an activating group) is 1. The third kappa shape index (κ3) is 6.22. The van der Waals surface area contributed by atoms with Gasteiger partial charge in [0.05, 0.1) is 29.5 Å². The van der Waals surface area contributed by atoms with Crippen LogP contribution in [0.5, 0.6) is 0 Å². The summed E-state index contributed by atoms with van der Waals surface area (Å²) in [5.41, 5.74) is 0.433. The highest BCUT2D eigenvalue weighted by molar-refractivity contribution is 5.78. The third-order valence-electron chi connectivity index (χ3n) is 6.22. The Labute approximate surface area is 197 Å². The van der Waals surface area contributed by atoms with Crippen LogP contribution in [-0.4, -0.2) is 70.0 Å². The predicted octanol–water partition coefficient (Wildman–Crippen LogP) is 2.55. The second kappa shape index (κ2) is 11.8. The molecule has 1 atom stereocenters. The zero-order valence-electron chi connectivity index (χ0n) is 19.7. The molecule has 0 bridgehead atoms. The molecule has 1 unspecified atom stereocenters. The summed E-state index contributed by atoms with van der Waals surface area (Å²) in [6.07, 6.45) is 2.84. The minimum absolute atomic E-state index is 0.0799. The van der Waals surface area contributed by atoms with Crippen LogP contribution in [0.4, 0.5) is 5.69 Å². The zero-order chi connectivity index (χ0) is 24.7. The first kappa shape index (κ1) is 25.4. The number of nitrogens with zero attached hydrogens (tertiary/aromatic N) is 4. The van der Waals surface area contributed by atoms with E-state index in [1.165, 1.54) is 22.8 Å². The van der Waals surface area contributed by atoms with Crippen molar-refractivity contribution in [2.24, 2.45) is 0 Å². The molecule has 1 fully saturated rings. The summed E-state index contributed by atoms with van der Waals surface area (Å²) in [5, 5.41) is 10.9. The molecule has 0 radical (unpaired) electrons. The van der Waals surface area contributed by atoms with Crippen molar-refractivity contribution in [2.45, 2.75) is 58.5 Å². The summed E-state index contributed by atoms with van der Waals surface area (Å²) in [6, 6.07) is 4.28. The maximum atomic E-state index is 13.1. The molecular weight excluding hydrogens is 444 g/mol. The summed E-state index contributed by atoms with van der Waals surface area (Å²) in [4.78, 5) is 51.6. The van der Waals surface area contributed by atoms with Crippen LogP contribution in [0.15, 0.2) is 27.4 Å². The average Bonchev–Trinajstić information content (AvgIpc) is 3.39. The van der Waals surface area contributed by atoms with Gasteiger partial charge in [-0.1, -0.05) is 6.92 Å². The maximum Gasteiger partial charge on any atom is 0.419 e. The van der Waals surface area contributed by atoms with E-state index in [2.05, 4.69) is 11.8 Å². The molecule has 1 aliphatic rings. The lowest BCUT2D eigenvalue weighted by Crippen LogP contribution is -2.44. The Hall–Kier alpha value is -3.21. The SMILES string of the molecule is CCOC(=O)CCN(CC1CCCN1CC)C(=O)CCCn1c(=O)oc2cc([N+](=O)[O-])ccc21. The standard InChI is InChI=1S/C23H32N4O7/c1-3-24-12-5-7-18(24)16-25(14-11-22(29)33-4-2)21(28)8-6-13-26-19-10-9-17(27(31)32)15-20(19)34-23(26)30/h9-10,15,18H,3-8,11-14,16H2,1-2H3. The molecule has 11 heteroatoms. The van der Waals surface area contributed by atoms with Crippen LogP contribution < -0.4 is 5.76 Å². The summed E-state index contributed by atoms with van der Waals surface area (Å²) in [6.45, 7) is 7.17. The van der Waals surface area contributed by atoms with Gasteiger partial charge in [0.2, 0.25) is 5.91 Å². The number of aromatic nitrogens is 1. The normalized spacial score (nSPS) is 16.1. The Morgan fingerprint density at radius 2 is 2.09 bits per heavy atom. The minimum Gasteiger partial charge on any atom is -0.466 e. The number of hydrogen-bond acceptors (Lipinski definition) is 8. The van der Waals surface area contributed by atoms with Crippen LogP contribution >= 0.6 is 0 Å². The number of ether oxygens (including phenoxy) is 1. The topological polar surface area (TPSA) is 128 Å². The highest BCUT2D eigenvalue weighted by Crippen LogP contribution is 2.21. The molecule has 34 heavy (non-hydrogen) atoms. The number of nitro groups is 1. The van der Waals surface area contributed by atoms with E-state index >= 15 is 0 Å². The number of nitro benzene ring substituents is 1. The number of carbonyl (C=O) groups excluding carboxylic acids is 2. The van der Waals surface area contributed by atoms with Crippen LogP contribution in [0.3, 0.4) is 0 Å². The van der Waals surface area contributed by atoms with Crippen LogP contribution in [0.2, 0.25) is 0 Å². The molecule has 1 aromatic heterocycles. The van der Waals surface area contributed by atoms with Gasteiger partial charge in [-0.15, -0.1) is 0 Å². The van der Waals surface area contributed by atoms with Gasteiger partial charge < -0.3 is 14.1 Å². The molecular formula is C23H32N4O7. The molecule has 0 spiro atoms. The quantitative estimate of drug-likeness (QED) is 0.260. The number of benzene rings is 1. The lowest BCUT2D eigenvalue weighted by atomic mass is 10.1. The van der Waals surface area contributed by atoms with Crippen LogP contribution in [0, 0.1) is 10.1 Å². The average molecular weight is 477 g/mol. The number of carbonyl (C=O) groups is 2. The lowest BCUT2D eigenvalue weighted by molar-refractivity contribution is -0.384. The van der Waals surface area contributed by atoms with Crippen molar-refractivity contribution in [1.82, 2.24) is 14.4 Å². The molecule has 11 nitrogen and oxygen atoms in total. The van der Waals surface area contributed by atoms with Crippen molar-refractivity contribution in [3.63, 3.8) is 0 Å². The Morgan fingerprint density at radius 3 is 2.79 bits per heavy atom. The van der Waals surface area contributed by atoms with Crippen LogP contribution in [-0.2, 0) is 20.9 Å². The first-order chi connectivity index (χ1) is 16.3.